The Kier molecular flexibility index (Phi) is 4.04. The van der Waals surface area contributed by atoms with Gasteiger partial charge in [0.2, 0.25) is 0 Å². The van der Waals surface area contributed by atoms with Gasteiger partial charge in [0.05, 0.1) is 17.3 Å². The van der Waals surface area contributed by atoms with Crippen molar-refractivity contribution in [3.8, 4) is 5.75 Å². The number of likely N-dealkylation sites (N-methyl/N-ethyl adjacent to an activating group) is 1. The van der Waals surface area contributed by atoms with Crippen LogP contribution in [0.2, 0.25) is 0 Å². The van der Waals surface area contributed by atoms with Gasteiger partial charge in [-0.05, 0) is 45.1 Å². The van der Waals surface area contributed by atoms with Gasteiger partial charge < -0.3 is 15.0 Å². The molecule has 0 aliphatic heterocycles. The number of hydrogen-bond acceptors (Lipinski definition) is 5. The van der Waals surface area contributed by atoms with E-state index in [9.17, 15) is 0 Å². The fraction of sp³-hybridized carbons (Fsp3) is 0.562. The predicted octanol–water partition coefficient (Wildman–Crippen LogP) is 3.59. The monoisotopic (exact) mass is 305 g/mol. The molecule has 1 heterocycles. The molecule has 0 unspecified atom stereocenters. The van der Waals surface area contributed by atoms with E-state index in [1.807, 2.05) is 12.1 Å². The van der Waals surface area contributed by atoms with Crippen LogP contribution in [0.1, 0.15) is 25.7 Å². The van der Waals surface area contributed by atoms with Crippen molar-refractivity contribution in [1.29, 1.82) is 0 Å². The number of hydrogen-bond donors (Lipinski definition) is 1. The molecule has 21 heavy (non-hydrogen) atoms. The van der Waals surface area contributed by atoms with E-state index >= 15 is 0 Å². The summed E-state index contributed by atoms with van der Waals surface area (Å²) in [6, 6.07) is 6.03. The number of aromatic nitrogens is 1. The van der Waals surface area contributed by atoms with Crippen LogP contribution in [-0.2, 0) is 0 Å². The number of fused-ring (bicyclic) bond motifs is 1. The number of methoxy groups -OCH3 is 1. The summed E-state index contributed by atoms with van der Waals surface area (Å²) >= 11 is 1.70. The van der Waals surface area contributed by atoms with Crippen molar-refractivity contribution in [2.45, 2.75) is 31.2 Å². The minimum absolute atomic E-state index is 0.287. The summed E-state index contributed by atoms with van der Waals surface area (Å²) in [4.78, 5) is 7.05. The number of nitrogens with zero attached hydrogens (tertiary/aromatic N) is 2. The lowest BCUT2D eigenvalue weighted by molar-refractivity contribution is 0.172. The second-order valence-electron chi connectivity index (χ2n) is 6.03. The number of nitrogens with one attached hydrogen (secondary N) is 1. The Morgan fingerprint density at radius 3 is 2.76 bits per heavy atom. The van der Waals surface area contributed by atoms with Gasteiger partial charge in [0.25, 0.3) is 0 Å². The van der Waals surface area contributed by atoms with Crippen molar-refractivity contribution in [2.75, 3.05) is 33.1 Å². The van der Waals surface area contributed by atoms with Gasteiger partial charge in [-0.2, -0.15) is 0 Å². The van der Waals surface area contributed by atoms with Crippen LogP contribution >= 0.6 is 11.3 Å². The Balaban J connectivity index is 1.75. The third-order valence-corrected chi connectivity index (χ3v) is 5.62. The van der Waals surface area contributed by atoms with Gasteiger partial charge in [-0.3, -0.25) is 0 Å². The Hall–Kier alpha value is -1.33. The van der Waals surface area contributed by atoms with Crippen LogP contribution in [0.4, 0.5) is 5.13 Å². The van der Waals surface area contributed by atoms with Gasteiger partial charge in [-0.15, -0.1) is 0 Å². The maximum absolute atomic E-state index is 5.27. The molecule has 0 amide bonds. The highest BCUT2D eigenvalue weighted by molar-refractivity contribution is 7.22. The summed E-state index contributed by atoms with van der Waals surface area (Å²) in [5.41, 5.74) is 1.32. The normalized spacial score (nSPS) is 17.5. The fourth-order valence-electron chi connectivity index (χ4n) is 3.16. The second-order valence-corrected chi connectivity index (χ2v) is 7.06. The first kappa shape index (κ1) is 14.6. The smallest absolute Gasteiger partial charge is 0.183 e. The summed E-state index contributed by atoms with van der Waals surface area (Å²) in [7, 11) is 6.08. The standard InChI is InChI=1S/C16H23N3OS/c1-19(2)16(8-4-5-9-16)11-17-15-18-13-7-6-12(20-3)10-14(13)21-15/h6-7,10H,4-5,8-9,11H2,1-3H3,(H,17,18). The van der Waals surface area contributed by atoms with Gasteiger partial charge >= 0.3 is 0 Å². The van der Waals surface area contributed by atoms with E-state index in [1.165, 1.54) is 30.4 Å². The highest BCUT2D eigenvalue weighted by atomic mass is 32.1. The molecule has 0 saturated heterocycles. The maximum Gasteiger partial charge on any atom is 0.183 e. The summed E-state index contributed by atoms with van der Waals surface area (Å²) in [6.07, 6.45) is 5.20. The quantitative estimate of drug-likeness (QED) is 0.916. The van der Waals surface area contributed by atoms with E-state index < -0.39 is 0 Å². The van der Waals surface area contributed by atoms with Gasteiger partial charge in [-0.1, -0.05) is 24.2 Å². The topological polar surface area (TPSA) is 37.4 Å². The average molecular weight is 305 g/mol. The molecule has 1 aromatic carbocycles. The van der Waals surface area contributed by atoms with E-state index in [1.54, 1.807) is 18.4 Å². The lowest BCUT2D eigenvalue weighted by Crippen LogP contribution is -2.47. The number of thiazole rings is 1. The van der Waals surface area contributed by atoms with Gasteiger partial charge in [0.1, 0.15) is 5.75 Å². The maximum atomic E-state index is 5.27. The molecule has 3 rings (SSSR count). The molecule has 5 heteroatoms. The summed E-state index contributed by atoms with van der Waals surface area (Å²) in [6.45, 7) is 0.969. The minimum atomic E-state index is 0.287. The highest BCUT2D eigenvalue weighted by Gasteiger charge is 2.35. The lowest BCUT2D eigenvalue weighted by atomic mass is 9.96. The Bertz CT molecular complexity index is 617. The third-order valence-electron chi connectivity index (χ3n) is 4.65. The van der Waals surface area contributed by atoms with Crippen molar-refractivity contribution in [3.05, 3.63) is 18.2 Å². The van der Waals surface area contributed by atoms with Crippen LogP contribution in [0.3, 0.4) is 0 Å². The molecular formula is C16H23N3OS. The highest BCUT2D eigenvalue weighted by Crippen LogP contribution is 2.35. The van der Waals surface area contributed by atoms with Crippen LogP contribution in [0, 0.1) is 0 Å². The minimum Gasteiger partial charge on any atom is -0.497 e. The van der Waals surface area contributed by atoms with Crippen LogP contribution < -0.4 is 10.1 Å². The van der Waals surface area contributed by atoms with Crippen molar-refractivity contribution in [3.63, 3.8) is 0 Å². The first-order valence-electron chi connectivity index (χ1n) is 7.49. The molecule has 114 valence electrons. The first-order valence-corrected chi connectivity index (χ1v) is 8.30. The summed E-state index contributed by atoms with van der Waals surface area (Å²) in [5.74, 6) is 0.887. The number of ether oxygens (including phenoxy) is 1. The molecule has 2 aromatic rings. The number of anilines is 1. The molecule has 0 atom stereocenters. The van der Waals surface area contributed by atoms with E-state index in [4.69, 9.17) is 4.74 Å². The molecule has 1 N–H and O–H groups in total. The summed E-state index contributed by atoms with van der Waals surface area (Å²) in [5, 5.41) is 4.57. The SMILES string of the molecule is COc1ccc2nc(NCC3(N(C)C)CCCC3)sc2c1. The van der Waals surface area contributed by atoms with Gasteiger partial charge in [0, 0.05) is 12.1 Å². The van der Waals surface area contributed by atoms with E-state index in [0.717, 1.165) is 22.9 Å². The molecule has 0 bridgehead atoms. The van der Waals surface area contributed by atoms with E-state index in [-0.39, 0.29) is 5.54 Å². The second kappa shape index (κ2) is 5.81. The van der Waals surface area contributed by atoms with Crippen LogP contribution in [0.5, 0.6) is 5.75 Å². The average Bonchev–Trinajstić information content (AvgIpc) is 3.11. The number of rotatable bonds is 5. The third kappa shape index (κ3) is 2.85. The van der Waals surface area contributed by atoms with E-state index in [2.05, 4.69) is 35.4 Å². The zero-order valence-corrected chi connectivity index (χ0v) is 13.8. The predicted molar refractivity (Wildman–Crippen MR) is 89.5 cm³/mol. The molecule has 0 spiro atoms. The Morgan fingerprint density at radius 2 is 2.10 bits per heavy atom. The fourth-order valence-corrected chi connectivity index (χ4v) is 4.05. The Morgan fingerprint density at radius 1 is 1.33 bits per heavy atom. The van der Waals surface area contributed by atoms with Crippen molar-refractivity contribution >= 4 is 26.7 Å². The van der Waals surface area contributed by atoms with Crippen LogP contribution in [-0.4, -0.2) is 43.2 Å². The van der Waals surface area contributed by atoms with Crippen LogP contribution in [0.25, 0.3) is 10.2 Å². The summed E-state index contributed by atoms with van der Waals surface area (Å²) < 4.78 is 6.44. The zero-order chi connectivity index (χ0) is 14.9. The van der Waals surface area contributed by atoms with Gasteiger partial charge in [-0.25, -0.2) is 4.98 Å². The lowest BCUT2D eigenvalue weighted by Gasteiger charge is -2.36. The Labute approximate surface area is 130 Å². The van der Waals surface area contributed by atoms with Crippen molar-refractivity contribution in [2.24, 2.45) is 0 Å². The van der Waals surface area contributed by atoms with Gasteiger partial charge in [0.15, 0.2) is 5.13 Å². The molecule has 1 aliphatic rings. The molecule has 1 aromatic heterocycles. The number of benzene rings is 1. The largest absolute Gasteiger partial charge is 0.497 e. The molecule has 4 nitrogen and oxygen atoms in total. The van der Waals surface area contributed by atoms with Crippen molar-refractivity contribution < 1.29 is 4.74 Å². The molecule has 1 aliphatic carbocycles. The molecular weight excluding hydrogens is 282 g/mol. The molecule has 0 radical (unpaired) electrons. The zero-order valence-electron chi connectivity index (χ0n) is 13.0. The van der Waals surface area contributed by atoms with Crippen LogP contribution in [0.15, 0.2) is 18.2 Å². The molecule has 1 fully saturated rings. The first-order chi connectivity index (χ1) is 10.1. The molecule has 1 saturated carbocycles. The van der Waals surface area contributed by atoms with E-state index in [0.29, 0.717) is 0 Å². The van der Waals surface area contributed by atoms with Crippen molar-refractivity contribution in [1.82, 2.24) is 9.88 Å².